The second-order valence-corrected chi connectivity index (χ2v) is 6.54. The molecule has 2 aromatic heterocycles. The molecule has 0 unspecified atom stereocenters. The Bertz CT molecular complexity index is 965. The van der Waals surface area contributed by atoms with Gasteiger partial charge in [-0.3, -0.25) is 14.8 Å². The number of pyridine rings is 1. The fourth-order valence-corrected chi connectivity index (χ4v) is 2.88. The van der Waals surface area contributed by atoms with E-state index in [4.69, 9.17) is 5.84 Å². The van der Waals surface area contributed by atoms with E-state index in [0.29, 0.717) is 10.7 Å². The molecule has 0 atom stereocenters. The number of hydrogen-bond donors (Lipinski definition) is 2. The molecule has 0 aliphatic heterocycles. The summed E-state index contributed by atoms with van der Waals surface area (Å²) in [6, 6.07) is 13.3. The Morgan fingerprint density at radius 1 is 1.22 bits per heavy atom. The minimum absolute atomic E-state index is 0.00312. The molecule has 1 aromatic carbocycles. The molecular weight excluding hydrogens is 362 g/mol. The highest BCUT2D eigenvalue weighted by Gasteiger charge is 2.11. The summed E-state index contributed by atoms with van der Waals surface area (Å²) in [7, 11) is 0. The van der Waals surface area contributed by atoms with Crippen LogP contribution in [-0.4, -0.2) is 33.0 Å². The van der Waals surface area contributed by atoms with Gasteiger partial charge in [0.15, 0.2) is 5.71 Å². The highest BCUT2D eigenvalue weighted by atomic mass is 32.1. The second kappa shape index (κ2) is 8.77. The van der Waals surface area contributed by atoms with Crippen LogP contribution in [0.2, 0.25) is 0 Å². The van der Waals surface area contributed by atoms with Gasteiger partial charge < -0.3 is 11.2 Å². The third kappa shape index (κ3) is 5.02. The number of hydrazone groups is 1. The topological polar surface area (TPSA) is 119 Å². The van der Waals surface area contributed by atoms with Crippen LogP contribution in [0.3, 0.4) is 0 Å². The average Bonchev–Trinajstić information content (AvgIpc) is 3.18. The number of nitrogens with zero attached hydrogens (tertiary/aromatic N) is 5. The Morgan fingerprint density at radius 3 is 2.74 bits per heavy atom. The molecule has 136 valence electrons. The van der Waals surface area contributed by atoms with Gasteiger partial charge in [0.05, 0.1) is 24.6 Å². The monoisotopic (exact) mass is 379 g/mol. The molecule has 3 aromatic rings. The largest absolute Gasteiger partial charge is 0.344 e. The first-order valence-electron chi connectivity index (χ1n) is 8.06. The minimum Gasteiger partial charge on any atom is -0.344 e. The van der Waals surface area contributed by atoms with Crippen LogP contribution in [0.1, 0.15) is 10.7 Å². The minimum atomic E-state index is -0.446. The summed E-state index contributed by atoms with van der Waals surface area (Å²) < 4.78 is 0. The fraction of sp³-hybridized carbons (Fsp3) is 0.111. The predicted molar refractivity (Wildman–Crippen MR) is 106 cm³/mol. The van der Waals surface area contributed by atoms with Crippen molar-refractivity contribution in [2.75, 3.05) is 0 Å². The molecule has 0 aliphatic carbocycles. The van der Waals surface area contributed by atoms with E-state index >= 15 is 0 Å². The van der Waals surface area contributed by atoms with Gasteiger partial charge in [-0.15, -0.1) is 10.2 Å². The van der Waals surface area contributed by atoms with Crippen LogP contribution in [0, 0.1) is 6.92 Å². The normalized spacial score (nSPS) is 11.7. The summed E-state index contributed by atoms with van der Waals surface area (Å²) in [4.78, 5) is 20.5. The van der Waals surface area contributed by atoms with Crippen molar-refractivity contribution in [3.05, 3.63) is 59.4 Å². The number of carbonyl (C=O) groups is 1. The number of hydrogen-bond acceptors (Lipinski definition) is 8. The van der Waals surface area contributed by atoms with Crippen molar-refractivity contribution in [3.8, 4) is 10.6 Å². The van der Waals surface area contributed by atoms with E-state index in [1.807, 2.05) is 43.3 Å². The number of nitrogens with two attached hydrogens (primary N) is 1. The lowest BCUT2D eigenvalue weighted by Crippen LogP contribution is -2.32. The lowest BCUT2D eigenvalue weighted by molar-refractivity contribution is -0.114. The first-order valence-corrected chi connectivity index (χ1v) is 8.88. The lowest BCUT2D eigenvalue weighted by atomic mass is 10.2. The van der Waals surface area contributed by atoms with Crippen LogP contribution in [0.4, 0.5) is 5.69 Å². The summed E-state index contributed by atoms with van der Waals surface area (Å²) in [6.07, 6.45) is 2.90. The molecule has 0 saturated carbocycles. The number of carbonyl (C=O) groups excluding carboxylic acids is 1. The van der Waals surface area contributed by atoms with Crippen LogP contribution >= 0.6 is 11.3 Å². The molecule has 3 N–H and O–H groups in total. The van der Waals surface area contributed by atoms with Crippen molar-refractivity contribution in [1.82, 2.24) is 20.5 Å². The van der Waals surface area contributed by atoms with Crippen LogP contribution in [0.25, 0.3) is 10.6 Å². The van der Waals surface area contributed by atoms with E-state index < -0.39 is 5.91 Å². The fourth-order valence-electron chi connectivity index (χ4n) is 2.09. The summed E-state index contributed by atoms with van der Waals surface area (Å²) in [5, 5.41) is 15.9. The lowest BCUT2D eigenvalue weighted by Gasteiger charge is -2.01. The smallest absolute Gasteiger partial charge is 0.273 e. The molecule has 2 heterocycles. The van der Waals surface area contributed by atoms with Gasteiger partial charge in [-0.1, -0.05) is 41.7 Å². The number of amides is 1. The number of nitrogens with one attached hydrogen (secondary N) is 1. The Kier molecular flexibility index (Phi) is 5.95. The molecule has 1 amide bonds. The zero-order valence-corrected chi connectivity index (χ0v) is 15.3. The van der Waals surface area contributed by atoms with Gasteiger partial charge in [0.25, 0.3) is 5.91 Å². The number of rotatable bonds is 6. The van der Waals surface area contributed by atoms with Gasteiger partial charge in [0.1, 0.15) is 10.0 Å². The molecule has 0 aliphatic rings. The number of aliphatic imine (C=N–C) groups is 1. The Balaban J connectivity index is 1.59. The molecule has 0 bridgehead atoms. The van der Waals surface area contributed by atoms with E-state index in [9.17, 15) is 4.79 Å². The number of aryl methyl sites for hydroxylation is 1. The number of aromatic nitrogens is 3. The summed E-state index contributed by atoms with van der Waals surface area (Å²) >= 11 is 1.41. The maximum absolute atomic E-state index is 12.2. The van der Waals surface area contributed by atoms with Gasteiger partial charge in [-0.2, -0.15) is 5.10 Å². The van der Waals surface area contributed by atoms with Crippen LogP contribution in [0.15, 0.2) is 58.8 Å². The number of benzene rings is 1. The van der Waals surface area contributed by atoms with Gasteiger partial charge in [0.2, 0.25) is 0 Å². The van der Waals surface area contributed by atoms with Gasteiger partial charge in [0, 0.05) is 11.3 Å². The zero-order valence-electron chi connectivity index (χ0n) is 14.5. The van der Waals surface area contributed by atoms with E-state index in [0.717, 1.165) is 16.3 Å². The molecule has 3 rings (SSSR count). The SMILES string of the molecule is Cc1ccc(N=C/C(=N\N)C(=O)NCc2nnc(-c3ccccc3)s2)cn1. The van der Waals surface area contributed by atoms with Crippen molar-refractivity contribution in [3.63, 3.8) is 0 Å². The van der Waals surface area contributed by atoms with Crippen LogP contribution < -0.4 is 11.2 Å². The van der Waals surface area contributed by atoms with Crippen LogP contribution in [0.5, 0.6) is 0 Å². The predicted octanol–water partition coefficient (Wildman–Crippen LogP) is 2.24. The van der Waals surface area contributed by atoms with Crippen molar-refractivity contribution >= 4 is 34.9 Å². The van der Waals surface area contributed by atoms with Gasteiger partial charge in [-0.05, 0) is 19.1 Å². The van der Waals surface area contributed by atoms with Crippen molar-refractivity contribution in [2.45, 2.75) is 13.5 Å². The van der Waals surface area contributed by atoms with Crippen molar-refractivity contribution in [1.29, 1.82) is 0 Å². The van der Waals surface area contributed by atoms with Gasteiger partial charge >= 0.3 is 0 Å². The third-order valence-corrected chi connectivity index (χ3v) is 4.46. The van der Waals surface area contributed by atoms with Crippen molar-refractivity contribution in [2.24, 2.45) is 15.9 Å². The van der Waals surface area contributed by atoms with Crippen LogP contribution in [-0.2, 0) is 11.3 Å². The Labute approximate surface area is 159 Å². The molecule has 0 saturated heterocycles. The molecule has 0 spiro atoms. The average molecular weight is 379 g/mol. The Hall–Kier alpha value is -3.46. The quantitative estimate of drug-likeness (QED) is 0.387. The standard InChI is InChI=1S/C18H17N7OS/c1-12-7-8-14(9-20-12)21-10-15(23-19)17(26)22-11-16-24-25-18(27-16)13-5-3-2-4-6-13/h2-10H,11,19H2,1H3,(H,22,26)/b21-10?,23-15+. The first kappa shape index (κ1) is 18.3. The molecule has 8 nitrogen and oxygen atoms in total. The molecule has 0 radical (unpaired) electrons. The molecule has 27 heavy (non-hydrogen) atoms. The maximum atomic E-state index is 12.2. The van der Waals surface area contributed by atoms with E-state index in [1.165, 1.54) is 17.6 Å². The summed E-state index contributed by atoms with van der Waals surface area (Å²) in [5.74, 6) is 4.86. The first-order chi connectivity index (χ1) is 13.2. The van der Waals surface area contributed by atoms with E-state index in [-0.39, 0.29) is 12.3 Å². The summed E-state index contributed by atoms with van der Waals surface area (Å²) in [6.45, 7) is 2.10. The van der Waals surface area contributed by atoms with Crippen molar-refractivity contribution < 1.29 is 4.79 Å². The highest BCUT2D eigenvalue weighted by molar-refractivity contribution is 7.14. The molecule has 9 heteroatoms. The Morgan fingerprint density at radius 2 is 2.04 bits per heavy atom. The zero-order chi connectivity index (χ0) is 19.1. The highest BCUT2D eigenvalue weighted by Crippen LogP contribution is 2.22. The summed E-state index contributed by atoms with van der Waals surface area (Å²) in [5.41, 5.74) is 2.47. The third-order valence-electron chi connectivity index (χ3n) is 3.49. The molecule has 0 fully saturated rings. The maximum Gasteiger partial charge on any atom is 0.273 e. The second-order valence-electron chi connectivity index (χ2n) is 5.48. The van der Waals surface area contributed by atoms with E-state index in [2.05, 4.69) is 30.6 Å². The van der Waals surface area contributed by atoms with E-state index in [1.54, 1.807) is 12.3 Å². The van der Waals surface area contributed by atoms with Gasteiger partial charge in [-0.25, -0.2) is 0 Å². The molecular formula is C18H17N7OS.